The van der Waals surface area contributed by atoms with Gasteiger partial charge in [0.2, 0.25) is 0 Å². The molecule has 1 saturated heterocycles. The summed E-state index contributed by atoms with van der Waals surface area (Å²) < 4.78 is 0. The third kappa shape index (κ3) is 2.32. The van der Waals surface area contributed by atoms with Crippen LogP contribution in [-0.4, -0.2) is 35.5 Å². The molecular formula is C12H19N3O. The Morgan fingerprint density at radius 3 is 3.06 bits per heavy atom. The third-order valence-corrected chi connectivity index (χ3v) is 2.98. The first-order valence-corrected chi connectivity index (χ1v) is 5.74. The average molecular weight is 221 g/mol. The van der Waals surface area contributed by atoms with Crippen LogP contribution in [0, 0.1) is 0 Å². The van der Waals surface area contributed by atoms with Crippen LogP contribution < -0.4 is 5.32 Å². The standard InChI is InChI=1S/C12H17N3O.H2/c1-2-14-12(16)15-8-5-11(9-15)10-3-6-13-7-4-10;/h3-4,6-7,11H,2,5,8-9H2,1H3,(H,14,16);1H. The lowest BCUT2D eigenvalue weighted by Crippen LogP contribution is -2.38. The van der Waals surface area contributed by atoms with Crippen LogP contribution in [0.3, 0.4) is 0 Å². The maximum atomic E-state index is 11.6. The van der Waals surface area contributed by atoms with Gasteiger partial charge < -0.3 is 10.2 Å². The second-order valence-corrected chi connectivity index (χ2v) is 4.05. The summed E-state index contributed by atoms with van der Waals surface area (Å²) in [6.45, 7) is 4.29. The predicted octanol–water partition coefficient (Wildman–Crippen LogP) is 1.85. The smallest absolute Gasteiger partial charge is 0.317 e. The van der Waals surface area contributed by atoms with Crippen molar-refractivity contribution in [1.29, 1.82) is 0 Å². The zero-order chi connectivity index (χ0) is 11.4. The lowest BCUT2D eigenvalue weighted by atomic mass is 10.00. The van der Waals surface area contributed by atoms with Crippen LogP contribution >= 0.6 is 0 Å². The molecular weight excluding hydrogens is 202 g/mol. The van der Waals surface area contributed by atoms with Crippen molar-refractivity contribution in [3.63, 3.8) is 0 Å². The fourth-order valence-corrected chi connectivity index (χ4v) is 2.12. The number of carbonyl (C=O) groups is 1. The molecule has 0 spiro atoms. The number of aromatic nitrogens is 1. The summed E-state index contributed by atoms with van der Waals surface area (Å²) in [5.41, 5.74) is 1.28. The van der Waals surface area contributed by atoms with Crippen LogP contribution in [0.5, 0.6) is 0 Å². The largest absolute Gasteiger partial charge is 0.338 e. The third-order valence-electron chi connectivity index (χ3n) is 2.98. The van der Waals surface area contributed by atoms with Gasteiger partial charge in [-0.1, -0.05) is 0 Å². The van der Waals surface area contributed by atoms with Crippen molar-refractivity contribution < 1.29 is 6.22 Å². The minimum absolute atomic E-state index is 0. The number of pyridine rings is 1. The lowest BCUT2D eigenvalue weighted by Gasteiger charge is -2.16. The van der Waals surface area contributed by atoms with E-state index in [1.54, 1.807) is 0 Å². The quantitative estimate of drug-likeness (QED) is 0.828. The van der Waals surface area contributed by atoms with Crippen molar-refractivity contribution in [2.75, 3.05) is 19.6 Å². The summed E-state index contributed by atoms with van der Waals surface area (Å²) in [7, 11) is 0. The molecule has 1 unspecified atom stereocenters. The molecule has 4 heteroatoms. The van der Waals surface area contributed by atoms with Gasteiger partial charge in [0.25, 0.3) is 0 Å². The molecule has 2 heterocycles. The summed E-state index contributed by atoms with van der Waals surface area (Å²) in [5, 5.41) is 2.83. The molecule has 0 saturated carbocycles. The van der Waals surface area contributed by atoms with Gasteiger partial charge in [0.1, 0.15) is 0 Å². The Kier molecular flexibility index (Phi) is 3.39. The molecule has 2 rings (SSSR count). The highest BCUT2D eigenvalue weighted by molar-refractivity contribution is 5.74. The van der Waals surface area contributed by atoms with Crippen molar-refractivity contribution in [3.05, 3.63) is 30.1 Å². The SMILES string of the molecule is CCNC(=O)N1CCC(c2ccncc2)C1.[HH]. The Morgan fingerprint density at radius 2 is 2.38 bits per heavy atom. The molecule has 4 nitrogen and oxygen atoms in total. The minimum Gasteiger partial charge on any atom is -0.338 e. The maximum absolute atomic E-state index is 11.6. The Morgan fingerprint density at radius 1 is 1.62 bits per heavy atom. The highest BCUT2D eigenvalue weighted by Crippen LogP contribution is 2.26. The van der Waals surface area contributed by atoms with Crippen LogP contribution in [0.4, 0.5) is 4.79 Å². The van der Waals surface area contributed by atoms with Crippen LogP contribution in [-0.2, 0) is 0 Å². The zero-order valence-corrected chi connectivity index (χ0v) is 9.52. The van der Waals surface area contributed by atoms with Gasteiger partial charge in [0.15, 0.2) is 0 Å². The number of nitrogens with one attached hydrogen (secondary N) is 1. The highest BCUT2D eigenvalue weighted by atomic mass is 16.2. The number of amides is 2. The van der Waals surface area contributed by atoms with Crippen molar-refractivity contribution in [2.45, 2.75) is 19.3 Å². The molecule has 1 aliphatic rings. The van der Waals surface area contributed by atoms with Crippen LogP contribution in [0.15, 0.2) is 24.5 Å². The molecule has 0 aromatic carbocycles. The Bertz CT molecular complexity index is 358. The molecule has 0 bridgehead atoms. The van der Waals surface area contributed by atoms with E-state index in [1.165, 1.54) is 5.56 Å². The van der Waals surface area contributed by atoms with E-state index in [2.05, 4.69) is 10.3 Å². The first-order chi connectivity index (χ1) is 7.81. The molecule has 2 amide bonds. The Balaban J connectivity index is 0.00000144. The second kappa shape index (κ2) is 4.96. The fraction of sp³-hybridized carbons (Fsp3) is 0.500. The van der Waals surface area contributed by atoms with E-state index in [0.29, 0.717) is 12.5 Å². The Labute approximate surface area is 97.2 Å². The average Bonchev–Trinajstić information content (AvgIpc) is 2.80. The summed E-state index contributed by atoms with van der Waals surface area (Å²) >= 11 is 0. The first-order valence-electron chi connectivity index (χ1n) is 5.74. The maximum Gasteiger partial charge on any atom is 0.317 e. The molecule has 88 valence electrons. The van der Waals surface area contributed by atoms with Gasteiger partial charge in [-0.3, -0.25) is 4.98 Å². The van der Waals surface area contributed by atoms with E-state index in [1.807, 2.05) is 36.4 Å². The monoisotopic (exact) mass is 221 g/mol. The number of hydrogen-bond acceptors (Lipinski definition) is 2. The van der Waals surface area contributed by atoms with Crippen LogP contribution in [0.2, 0.25) is 0 Å². The van der Waals surface area contributed by atoms with Gasteiger partial charge in [-0.2, -0.15) is 0 Å². The number of rotatable bonds is 2. The van der Waals surface area contributed by atoms with Crippen molar-refractivity contribution in [2.24, 2.45) is 0 Å². The molecule has 1 atom stereocenters. The topological polar surface area (TPSA) is 45.2 Å². The highest BCUT2D eigenvalue weighted by Gasteiger charge is 2.26. The summed E-state index contributed by atoms with van der Waals surface area (Å²) in [6.07, 6.45) is 4.66. The molecule has 0 aliphatic carbocycles. The van der Waals surface area contributed by atoms with E-state index in [9.17, 15) is 4.79 Å². The number of likely N-dealkylation sites (tertiary alicyclic amines) is 1. The normalized spacial score (nSPS) is 19.8. The Hall–Kier alpha value is -1.58. The van der Waals surface area contributed by atoms with Gasteiger partial charge in [0, 0.05) is 39.4 Å². The van der Waals surface area contributed by atoms with Gasteiger partial charge in [-0.25, -0.2) is 4.79 Å². The summed E-state index contributed by atoms with van der Waals surface area (Å²) in [5.74, 6) is 0.464. The van der Waals surface area contributed by atoms with Crippen LogP contribution in [0.25, 0.3) is 0 Å². The zero-order valence-electron chi connectivity index (χ0n) is 9.52. The molecule has 0 radical (unpaired) electrons. The lowest BCUT2D eigenvalue weighted by molar-refractivity contribution is 0.209. The molecule has 1 fully saturated rings. The molecule has 16 heavy (non-hydrogen) atoms. The van der Waals surface area contributed by atoms with Crippen LogP contribution in [0.1, 0.15) is 26.3 Å². The summed E-state index contributed by atoms with van der Waals surface area (Å²) in [4.78, 5) is 17.5. The number of carbonyl (C=O) groups excluding carboxylic acids is 1. The number of hydrogen-bond donors (Lipinski definition) is 1. The van der Waals surface area contributed by atoms with E-state index in [0.717, 1.165) is 19.5 Å². The van der Waals surface area contributed by atoms with E-state index >= 15 is 0 Å². The van der Waals surface area contributed by atoms with Gasteiger partial charge >= 0.3 is 6.03 Å². The number of nitrogens with zero attached hydrogens (tertiary/aromatic N) is 2. The van der Waals surface area contributed by atoms with E-state index in [-0.39, 0.29) is 7.46 Å². The number of urea groups is 1. The van der Waals surface area contributed by atoms with Crippen molar-refractivity contribution >= 4 is 6.03 Å². The van der Waals surface area contributed by atoms with Gasteiger partial charge in [-0.15, -0.1) is 0 Å². The first kappa shape index (κ1) is 10.9. The van der Waals surface area contributed by atoms with Crippen molar-refractivity contribution in [3.8, 4) is 0 Å². The van der Waals surface area contributed by atoms with E-state index in [4.69, 9.17) is 0 Å². The molecule has 1 aliphatic heterocycles. The van der Waals surface area contributed by atoms with Crippen molar-refractivity contribution in [1.82, 2.24) is 15.2 Å². The predicted molar refractivity (Wildman–Crippen MR) is 64.4 cm³/mol. The minimum atomic E-state index is 0. The fourth-order valence-electron chi connectivity index (χ4n) is 2.12. The second-order valence-electron chi connectivity index (χ2n) is 4.05. The molecule has 1 aromatic heterocycles. The van der Waals surface area contributed by atoms with E-state index < -0.39 is 0 Å². The van der Waals surface area contributed by atoms with Gasteiger partial charge in [0.05, 0.1) is 0 Å². The summed E-state index contributed by atoms with van der Waals surface area (Å²) in [6, 6.07) is 4.12. The molecule has 1 N–H and O–H groups in total. The molecule has 1 aromatic rings. The van der Waals surface area contributed by atoms with Gasteiger partial charge in [-0.05, 0) is 31.0 Å².